The topological polar surface area (TPSA) is 12.0 Å². The molecule has 1 aliphatic carbocycles. The van der Waals surface area contributed by atoms with E-state index >= 15 is 0 Å². The van der Waals surface area contributed by atoms with Crippen LogP contribution in [0.2, 0.25) is 0 Å². The second-order valence-electron chi connectivity index (χ2n) is 4.63. The second-order valence-corrected chi connectivity index (χ2v) is 6.11. The van der Waals surface area contributed by atoms with Crippen LogP contribution in [0.4, 0.5) is 0 Å². The molecule has 0 spiro atoms. The Labute approximate surface area is 86.0 Å². The lowest BCUT2D eigenvalue weighted by Gasteiger charge is -2.10. The fourth-order valence-electron chi connectivity index (χ4n) is 2.38. The van der Waals surface area contributed by atoms with Gasteiger partial charge in [0.25, 0.3) is 0 Å². The van der Waals surface area contributed by atoms with Crippen LogP contribution < -0.4 is 5.32 Å². The van der Waals surface area contributed by atoms with Crippen molar-refractivity contribution in [3.63, 3.8) is 0 Å². The van der Waals surface area contributed by atoms with E-state index < -0.39 is 0 Å². The maximum absolute atomic E-state index is 3.80. The highest BCUT2D eigenvalue weighted by Crippen LogP contribution is 2.36. The van der Waals surface area contributed by atoms with E-state index in [2.05, 4.69) is 30.9 Å². The summed E-state index contributed by atoms with van der Waals surface area (Å²) in [7, 11) is 0. The van der Waals surface area contributed by atoms with E-state index in [1.165, 1.54) is 31.4 Å². The molecular formula is C11H21NS. The highest BCUT2D eigenvalue weighted by atomic mass is 32.2. The third kappa shape index (κ3) is 2.63. The van der Waals surface area contributed by atoms with Gasteiger partial charge < -0.3 is 5.32 Å². The summed E-state index contributed by atoms with van der Waals surface area (Å²) in [6, 6.07) is 1.71. The van der Waals surface area contributed by atoms with Gasteiger partial charge in [-0.25, -0.2) is 0 Å². The van der Waals surface area contributed by atoms with E-state index in [-0.39, 0.29) is 0 Å². The first-order valence-electron chi connectivity index (χ1n) is 5.67. The molecule has 1 saturated heterocycles. The van der Waals surface area contributed by atoms with Crippen LogP contribution in [0.25, 0.3) is 0 Å². The molecule has 1 N–H and O–H groups in total. The Hall–Kier alpha value is 0.310. The molecule has 13 heavy (non-hydrogen) atoms. The molecule has 0 aromatic rings. The molecule has 2 heteroatoms. The lowest BCUT2D eigenvalue weighted by atomic mass is 10.2. The standard InChI is InChI=1S/C11H21NS/c1-3-4-9-6-11(9)12-10-5-8(2)13-7-10/h8-12H,3-7H2,1-2H3. The van der Waals surface area contributed by atoms with Crippen LogP contribution in [0.5, 0.6) is 0 Å². The minimum atomic E-state index is 0.826. The predicted octanol–water partition coefficient (Wildman–Crippen LogP) is 2.66. The Kier molecular flexibility index (Phi) is 3.20. The summed E-state index contributed by atoms with van der Waals surface area (Å²) in [6.45, 7) is 4.64. The molecule has 2 fully saturated rings. The van der Waals surface area contributed by atoms with Gasteiger partial charge in [-0.3, -0.25) is 0 Å². The Morgan fingerprint density at radius 3 is 2.85 bits per heavy atom. The Balaban J connectivity index is 1.64. The number of rotatable bonds is 4. The largest absolute Gasteiger partial charge is 0.310 e. The van der Waals surface area contributed by atoms with Gasteiger partial charge in [0.05, 0.1) is 0 Å². The van der Waals surface area contributed by atoms with Crippen molar-refractivity contribution in [1.82, 2.24) is 5.32 Å². The molecule has 1 heterocycles. The van der Waals surface area contributed by atoms with Crippen molar-refractivity contribution in [1.29, 1.82) is 0 Å². The number of thioether (sulfide) groups is 1. The van der Waals surface area contributed by atoms with Crippen LogP contribution in [-0.4, -0.2) is 23.1 Å². The lowest BCUT2D eigenvalue weighted by Crippen LogP contribution is -2.31. The molecule has 1 aliphatic heterocycles. The van der Waals surface area contributed by atoms with Crippen molar-refractivity contribution in [3.05, 3.63) is 0 Å². The lowest BCUT2D eigenvalue weighted by molar-refractivity contribution is 0.506. The number of hydrogen-bond acceptors (Lipinski definition) is 2. The average molecular weight is 199 g/mol. The first kappa shape index (κ1) is 9.85. The molecule has 2 aliphatic rings. The maximum Gasteiger partial charge on any atom is 0.0171 e. The highest BCUT2D eigenvalue weighted by molar-refractivity contribution is 8.00. The summed E-state index contributed by atoms with van der Waals surface area (Å²) in [5, 5.41) is 4.69. The zero-order chi connectivity index (χ0) is 9.26. The molecule has 0 radical (unpaired) electrons. The van der Waals surface area contributed by atoms with E-state index in [1.54, 1.807) is 0 Å². The molecule has 1 nitrogen and oxygen atoms in total. The van der Waals surface area contributed by atoms with Crippen molar-refractivity contribution in [2.45, 2.75) is 56.9 Å². The van der Waals surface area contributed by atoms with Crippen LogP contribution in [-0.2, 0) is 0 Å². The van der Waals surface area contributed by atoms with E-state index in [1.807, 2.05) is 0 Å². The van der Waals surface area contributed by atoms with Gasteiger partial charge in [0.15, 0.2) is 0 Å². The van der Waals surface area contributed by atoms with Crippen molar-refractivity contribution in [2.24, 2.45) is 5.92 Å². The maximum atomic E-state index is 3.80. The SMILES string of the molecule is CCCC1CC1NC1CSC(C)C1. The normalized spacial score (nSPS) is 43.8. The average Bonchev–Trinajstić information content (AvgIpc) is 2.66. The number of hydrogen-bond donors (Lipinski definition) is 1. The van der Waals surface area contributed by atoms with Gasteiger partial charge in [-0.2, -0.15) is 11.8 Å². The molecule has 1 saturated carbocycles. The van der Waals surface area contributed by atoms with Crippen LogP contribution in [0, 0.1) is 5.92 Å². The van der Waals surface area contributed by atoms with E-state index in [4.69, 9.17) is 0 Å². The minimum Gasteiger partial charge on any atom is -0.310 e. The van der Waals surface area contributed by atoms with Crippen LogP contribution in [0.15, 0.2) is 0 Å². The Morgan fingerprint density at radius 1 is 1.38 bits per heavy atom. The first-order valence-corrected chi connectivity index (χ1v) is 6.72. The fraction of sp³-hybridized carbons (Fsp3) is 1.00. The quantitative estimate of drug-likeness (QED) is 0.747. The van der Waals surface area contributed by atoms with Crippen molar-refractivity contribution >= 4 is 11.8 Å². The molecule has 76 valence electrons. The van der Waals surface area contributed by atoms with Crippen LogP contribution >= 0.6 is 11.8 Å². The smallest absolute Gasteiger partial charge is 0.0171 e. The molecule has 2 rings (SSSR count). The molecule has 0 amide bonds. The zero-order valence-electron chi connectivity index (χ0n) is 8.75. The van der Waals surface area contributed by atoms with E-state index in [0.717, 1.165) is 23.3 Å². The van der Waals surface area contributed by atoms with Gasteiger partial charge >= 0.3 is 0 Å². The van der Waals surface area contributed by atoms with E-state index in [0.29, 0.717) is 0 Å². The highest BCUT2D eigenvalue weighted by Gasteiger charge is 2.38. The van der Waals surface area contributed by atoms with E-state index in [9.17, 15) is 0 Å². The third-order valence-electron chi connectivity index (χ3n) is 3.23. The van der Waals surface area contributed by atoms with Gasteiger partial charge in [0.1, 0.15) is 0 Å². The molecule has 0 bridgehead atoms. The van der Waals surface area contributed by atoms with Crippen molar-refractivity contribution in [2.75, 3.05) is 5.75 Å². The Bertz CT molecular complexity index is 171. The summed E-state index contributed by atoms with van der Waals surface area (Å²) in [6.07, 6.45) is 5.63. The van der Waals surface area contributed by atoms with Gasteiger partial charge in [-0.05, 0) is 25.2 Å². The minimum absolute atomic E-state index is 0.826. The van der Waals surface area contributed by atoms with Crippen molar-refractivity contribution < 1.29 is 0 Å². The zero-order valence-corrected chi connectivity index (χ0v) is 9.57. The third-order valence-corrected chi connectivity index (χ3v) is 4.59. The predicted molar refractivity (Wildman–Crippen MR) is 60.3 cm³/mol. The van der Waals surface area contributed by atoms with Gasteiger partial charge in [0.2, 0.25) is 0 Å². The van der Waals surface area contributed by atoms with Crippen molar-refractivity contribution in [3.8, 4) is 0 Å². The molecule has 0 aromatic heterocycles. The summed E-state index contributed by atoms with van der Waals surface area (Å²) in [5.74, 6) is 2.36. The summed E-state index contributed by atoms with van der Waals surface area (Å²) in [4.78, 5) is 0. The summed E-state index contributed by atoms with van der Waals surface area (Å²) in [5.41, 5.74) is 0. The fourth-order valence-corrected chi connectivity index (χ4v) is 3.54. The monoisotopic (exact) mass is 199 g/mol. The molecule has 4 unspecified atom stereocenters. The first-order chi connectivity index (χ1) is 6.29. The second kappa shape index (κ2) is 4.22. The number of nitrogens with one attached hydrogen (secondary N) is 1. The van der Waals surface area contributed by atoms with Crippen LogP contribution in [0.3, 0.4) is 0 Å². The molecule has 0 aromatic carbocycles. The summed E-state index contributed by atoms with van der Waals surface area (Å²) < 4.78 is 0. The van der Waals surface area contributed by atoms with Gasteiger partial charge in [0, 0.05) is 23.1 Å². The van der Waals surface area contributed by atoms with Crippen LogP contribution in [0.1, 0.15) is 39.5 Å². The van der Waals surface area contributed by atoms with Gasteiger partial charge in [-0.1, -0.05) is 20.3 Å². The molecular weight excluding hydrogens is 178 g/mol. The molecule has 4 atom stereocenters. The van der Waals surface area contributed by atoms with Gasteiger partial charge in [-0.15, -0.1) is 0 Å². The summed E-state index contributed by atoms with van der Waals surface area (Å²) >= 11 is 2.13. The Morgan fingerprint density at radius 2 is 2.23 bits per heavy atom.